The first-order valence-electron chi connectivity index (χ1n) is 6.64. The Morgan fingerprint density at radius 3 is 2.65 bits per heavy atom. The molecule has 0 bridgehead atoms. The molecule has 2 rings (SSSR count). The maximum atomic E-state index is 5.96. The molecule has 94 valence electrons. The van der Waals surface area contributed by atoms with Crippen LogP contribution in [0.4, 0.5) is 0 Å². The van der Waals surface area contributed by atoms with Gasteiger partial charge in [-0.15, -0.1) is 0 Å². The molecule has 17 heavy (non-hydrogen) atoms. The number of hydrogen-bond acceptors (Lipinski definition) is 3. The first kappa shape index (κ1) is 12.4. The Hall–Kier alpha value is -1.09. The highest BCUT2D eigenvalue weighted by atomic mass is 16.5. The summed E-state index contributed by atoms with van der Waals surface area (Å²) in [6.45, 7) is 1.98. The molecule has 0 radical (unpaired) electrons. The second kappa shape index (κ2) is 6.01. The van der Waals surface area contributed by atoms with Gasteiger partial charge in [-0.3, -0.25) is 0 Å². The summed E-state index contributed by atoms with van der Waals surface area (Å²) in [6, 6.07) is 3.95. The quantitative estimate of drug-likeness (QED) is 0.817. The number of nitrogens with two attached hydrogens (primary N) is 1. The van der Waals surface area contributed by atoms with E-state index in [2.05, 4.69) is 4.98 Å². The number of hydrogen-bond donors (Lipinski definition) is 1. The number of ether oxygens (including phenoxy) is 1. The summed E-state index contributed by atoms with van der Waals surface area (Å²) in [5, 5.41) is 0. The third kappa shape index (κ3) is 3.70. The van der Waals surface area contributed by atoms with Crippen LogP contribution in [0.3, 0.4) is 0 Å². The highest BCUT2D eigenvalue weighted by Crippen LogP contribution is 2.22. The zero-order chi connectivity index (χ0) is 12.1. The molecule has 0 unspecified atom stereocenters. The molecule has 1 heterocycles. The molecule has 1 atom stereocenters. The second-order valence-corrected chi connectivity index (χ2v) is 4.95. The maximum Gasteiger partial charge on any atom is 0.213 e. The minimum atomic E-state index is 0.0366. The van der Waals surface area contributed by atoms with E-state index in [1.54, 1.807) is 6.20 Å². The standard InChI is InChI=1S/C14H22N2O/c1-11(15)12-8-9-16-14(10-12)17-13-6-4-2-3-5-7-13/h8-11,13H,2-7,15H2,1H3/t11-/m1/s1. The highest BCUT2D eigenvalue weighted by molar-refractivity contribution is 5.23. The monoisotopic (exact) mass is 234 g/mol. The van der Waals surface area contributed by atoms with Crippen LogP contribution in [0, 0.1) is 0 Å². The molecule has 0 aliphatic heterocycles. The Kier molecular flexibility index (Phi) is 4.37. The fourth-order valence-electron chi connectivity index (χ4n) is 2.30. The van der Waals surface area contributed by atoms with E-state index in [1.165, 1.54) is 25.7 Å². The van der Waals surface area contributed by atoms with Gasteiger partial charge < -0.3 is 10.5 Å². The third-order valence-corrected chi connectivity index (χ3v) is 3.37. The van der Waals surface area contributed by atoms with Crippen LogP contribution in [0.5, 0.6) is 5.88 Å². The van der Waals surface area contributed by atoms with Crippen molar-refractivity contribution < 1.29 is 4.74 Å². The number of nitrogens with zero attached hydrogens (tertiary/aromatic N) is 1. The van der Waals surface area contributed by atoms with Gasteiger partial charge in [0.15, 0.2) is 0 Å². The van der Waals surface area contributed by atoms with E-state index in [9.17, 15) is 0 Å². The fourth-order valence-corrected chi connectivity index (χ4v) is 2.30. The lowest BCUT2D eigenvalue weighted by atomic mass is 10.1. The Bertz CT molecular complexity index is 344. The van der Waals surface area contributed by atoms with Crippen LogP contribution in [-0.4, -0.2) is 11.1 Å². The van der Waals surface area contributed by atoms with Crippen molar-refractivity contribution in [1.29, 1.82) is 0 Å². The van der Waals surface area contributed by atoms with E-state index in [4.69, 9.17) is 10.5 Å². The minimum absolute atomic E-state index is 0.0366. The normalized spacial score (nSPS) is 19.6. The van der Waals surface area contributed by atoms with Crippen LogP contribution in [-0.2, 0) is 0 Å². The Morgan fingerprint density at radius 1 is 1.29 bits per heavy atom. The van der Waals surface area contributed by atoms with Gasteiger partial charge in [0, 0.05) is 18.3 Å². The summed E-state index contributed by atoms with van der Waals surface area (Å²) < 4.78 is 5.96. The SMILES string of the molecule is C[C@@H](N)c1ccnc(OC2CCCCCC2)c1. The van der Waals surface area contributed by atoms with E-state index >= 15 is 0 Å². The van der Waals surface area contributed by atoms with E-state index in [1.807, 2.05) is 19.1 Å². The van der Waals surface area contributed by atoms with Gasteiger partial charge in [-0.25, -0.2) is 4.98 Å². The van der Waals surface area contributed by atoms with Gasteiger partial charge >= 0.3 is 0 Å². The van der Waals surface area contributed by atoms with Crippen LogP contribution in [0.15, 0.2) is 18.3 Å². The van der Waals surface area contributed by atoms with Crippen molar-refractivity contribution in [3.63, 3.8) is 0 Å². The molecule has 1 aromatic rings. The van der Waals surface area contributed by atoms with Crippen molar-refractivity contribution in [2.45, 2.75) is 57.6 Å². The molecule has 1 saturated carbocycles. The van der Waals surface area contributed by atoms with Crippen molar-refractivity contribution in [1.82, 2.24) is 4.98 Å². The zero-order valence-corrected chi connectivity index (χ0v) is 10.6. The number of rotatable bonds is 3. The zero-order valence-electron chi connectivity index (χ0n) is 10.6. The maximum absolute atomic E-state index is 5.96. The Morgan fingerprint density at radius 2 is 2.00 bits per heavy atom. The lowest BCUT2D eigenvalue weighted by Gasteiger charge is -2.17. The van der Waals surface area contributed by atoms with E-state index < -0.39 is 0 Å². The van der Waals surface area contributed by atoms with Crippen LogP contribution in [0.25, 0.3) is 0 Å². The summed E-state index contributed by atoms with van der Waals surface area (Å²) in [5.41, 5.74) is 6.94. The van der Waals surface area contributed by atoms with E-state index in [0.29, 0.717) is 6.10 Å². The minimum Gasteiger partial charge on any atom is -0.474 e. The molecule has 0 spiro atoms. The average Bonchev–Trinajstić information content (AvgIpc) is 2.58. The molecule has 0 aromatic carbocycles. The molecule has 1 aliphatic rings. The topological polar surface area (TPSA) is 48.1 Å². The van der Waals surface area contributed by atoms with Crippen LogP contribution < -0.4 is 10.5 Å². The number of pyridine rings is 1. The molecule has 1 fully saturated rings. The predicted molar refractivity (Wildman–Crippen MR) is 69.0 cm³/mol. The fraction of sp³-hybridized carbons (Fsp3) is 0.643. The molecule has 3 nitrogen and oxygen atoms in total. The van der Waals surface area contributed by atoms with Crippen LogP contribution in [0.1, 0.15) is 57.1 Å². The summed E-state index contributed by atoms with van der Waals surface area (Å²) in [5.74, 6) is 0.728. The van der Waals surface area contributed by atoms with Crippen molar-refractivity contribution in [3.8, 4) is 5.88 Å². The highest BCUT2D eigenvalue weighted by Gasteiger charge is 2.14. The van der Waals surface area contributed by atoms with Gasteiger partial charge in [-0.2, -0.15) is 0 Å². The average molecular weight is 234 g/mol. The largest absolute Gasteiger partial charge is 0.474 e. The summed E-state index contributed by atoms with van der Waals surface area (Å²) in [7, 11) is 0. The van der Waals surface area contributed by atoms with Gasteiger partial charge in [-0.05, 0) is 44.2 Å². The first-order chi connectivity index (χ1) is 8.25. The van der Waals surface area contributed by atoms with E-state index in [0.717, 1.165) is 24.3 Å². The third-order valence-electron chi connectivity index (χ3n) is 3.37. The van der Waals surface area contributed by atoms with Crippen molar-refractivity contribution in [2.75, 3.05) is 0 Å². The van der Waals surface area contributed by atoms with Crippen molar-refractivity contribution >= 4 is 0 Å². The van der Waals surface area contributed by atoms with E-state index in [-0.39, 0.29) is 6.04 Å². The van der Waals surface area contributed by atoms with Crippen LogP contribution in [0.2, 0.25) is 0 Å². The molecule has 0 amide bonds. The van der Waals surface area contributed by atoms with Gasteiger partial charge in [0.05, 0.1) is 0 Å². The molecule has 2 N–H and O–H groups in total. The van der Waals surface area contributed by atoms with Crippen molar-refractivity contribution in [2.24, 2.45) is 5.73 Å². The van der Waals surface area contributed by atoms with Crippen LogP contribution >= 0.6 is 0 Å². The Balaban J connectivity index is 1.99. The second-order valence-electron chi connectivity index (χ2n) is 4.95. The Labute approximate surface area is 103 Å². The molecule has 0 saturated heterocycles. The smallest absolute Gasteiger partial charge is 0.213 e. The molecule has 1 aliphatic carbocycles. The van der Waals surface area contributed by atoms with Gasteiger partial charge in [0.25, 0.3) is 0 Å². The molecule has 1 aromatic heterocycles. The molecule has 3 heteroatoms. The lowest BCUT2D eigenvalue weighted by molar-refractivity contribution is 0.176. The van der Waals surface area contributed by atoms with Crippen molar-refractivity contribution in [3.05, 3.63) is 23.9 Å². The van der Waals surface area contributed by atoms with Gasteiger partial charge in [0.1, 0.15) is 6.10 Å². The first-order valence-corrected chi connectivity index (χ1v) is 6.64. The number of aromatic nitrogens is 1. The summed E-state index contributed by atoms with van der Waals surface area (Å²) in [6.07, 6.45) is 9.67. The lowest BCUT2D eigenvalue weighted by Crippen LogP contribution is -2.16. The molecular formula is C14H22N2O. The van der Waals surface area contributed by atoms with Gasteiger partial charge in [-0.1, -0.05) is 12.8 Å². The predicted octanol–water partition coefficient (Wildman–Crippen LogP) is 3.20. The summed E-state index contributed by atoms with van der Waals surface area (Å²) in [4.78, 5) is 4.27. The summed E-state index contributed by atoms with van der Waals surface area (Å²) >= 11 is 0. The van der Waals surface area contributed by atoms with Gasteiger partial charge in [0.2, 0.25) is 5.88 Å². The molecular weight excluding hydrogens is 212 g/mol.